The van der Waals surface area contributed by atoms with Crippen molar-refractivity contribution < 1.29 is 9.18 Å². The topological polar surface area (TPSA) is 29.1 Å². The average Bonchev–Trinajstić information content (AvgIpc) is 2.38. The van der Waals surface area contributed by atoms with Gasteiger partial charge >= 0.3 is 0 Å². The minimum atomic E-state index is -0.519. The molecule has 0 aliphatic heterocycles. The number of rotatable bonds is 4. The lowest BCUT2D eigenvalue weighted by atomic mass is 9.94. The molecule has 0 atom stereocenters. The van der Waals surface area contributed by atoms with Gasteiger partial charge in [-0.2, -0.15) is 0 Å². The van der Waals surface area contributed by atoms with Gasteiger partial charge in [0, 0.05) is 5.02 Å². The molecule has 0 unspecified atom stereocenters. The summed E-state index contributed by atoms with van der Waals surface area (Å²) in [6, 6.07) is 13.4. The van der Waals surface area contributed by atoms with Crippen molar-refractivity contribution in [1.82, 2.24) is 5.32 Å². The third-order valence-corrected chi connectivity index (χ3v) is 3.52. The van der Waals surface area contributed by atoms with E-state index in [1.54, 1.807) is 24.3 Å². The Labute approximate surface area is 128 Å². The number of halogens is 2. The number of benzene rings is 2. The van der Waals surface area contributed by atoms with Crippen LogP contribution in [0.3, 0.4) is 0 Å². The lowest BCUT2D eigenvalue weighted by Gasteiger charge is -2.27. The van der Waals surface area contributed by atoms with Crippen molar-refractivity contribution in [3.8, 4) is 0 Å². The molecule has 0 radical (unpaired) electrons. The Morgan fingerprint density at radius 2 is 1.86 bits per heavy atom. The Hall–Kier alpha value is -1.87. The Balaban J connectivity index is 2.05. The number of amides is 1. The van der Waals surface area contributed by atoms with E-state index in [9.17, 15) is 9.18 Å². The molecule has 0 fully saturated rings. The maximum atomic E-state index is 13.1. The fourth-order valence-electron chi connectivity index (χ4n) is 2.16. The largest absolute Gasteiger partial charge is 0.347 e. The van der Waals surface area contributed by atoms with Crippen LogP contribution in [0, 0.1) is 5.82 Å². The number of nitrogens with one attached hydrogen (secondary N) is 1. The van der Waals surface area contributed by atoms with Crippen LogP contribution < -0.4 is 5.32 Å². The predicted octanol–water partition coefficient (Wildman–Crippen LogP) is 4.07. The van der Waals surface area contributed by atoms with E-state index in [1.165, 1.54) is 12.1 Å². The quantitative estimate of drug-likeness (QED) is 0.906. The number of carbonyl (C=O) groups excluding carboxylic acids is 1. The van der Waals surface area contributed by atoms with E-state index in [2.05, 4.69) is 5.32 Å². The van der Waals surface area contributed by atoms with Crippen LogP contribution in [0.2, 0.25) is 5.02 Å². The Bertz CT molecular complexity index is 637. The highest BCUT2D eigenvalue weighted by Crippen LogP contribution is 2.22. The summed E-state index contributed by atoms with van der Waals surface area (Å²) in [4.78, 5) is 12.1. The number of hydrogen-bond acceptors (Lipinski definition) is 1. The van der Waals surface area contributed by atoms with Crippen LogP contribution >= 0.6 is 11.6 Å². The standard InChI is InChI=1S/C17H17ClFNO/c1-17(2,13-6-8-14(18)9-7-13)20-16(21)11-12-4-3-5-15(19)10-12/h3-10H,11H2,1-2H3,(H,20,21). The Morgan fingerprint density at radius 1 is 1.19 bits per heavy atom. The molecule has 110 valence electrons. The first-order valence-corrected chi connectivity index (χ1v) is 7.06. The highest BCUT2D eigenvalue weighted by molar-refractivity contribution is 6.30. The first-order chi connectivity index (χ1) is 9.87. The molecular weight excluding hydrogens is 289 g/mol. The van der Waals surface area contributed by atoms with Crippen LogP contribution in [-0.2, 0) is 16.8 Å². The zero-order valence-electron chi connectivity index (χ0n) is 12.0. The fourth-order valence-corrected chi connectivity index (χ4v) is 2.29. The lowest BCUT2D eigenvalue weighted by Crippen LogP contribution is -2.41. The molecular formula is C17H17ClFNO. The van der Waals surface area contributed by atoms with E-state index in [0.717, 1.165) is 5.56 Å². The van der Waals surface area contributed by atoms with Gasteiger partial charge in [0.15, 0.2) is 0 Å². The van der Waals surface area contributed by atoms with Crippen molar-refractivity contribution in [1.29, 1.82) is 0 Å². The monoisotopic (exact) mass is 305 g/mol. The fraction of sp³-hybridized carbons (Fsp3) is 0.235. The molecule has 0 bridgehead atoms. The molecule has 21 heavy (non-hydrogen) atoms. The van der Waals surface area contributed by atoms with Crippen molar-refractivity contribution in [2.45, 2.75) is 25.8 Å². The summed E-state index contributed by atoms with van der Waals surface area (Å²) in [6.07, 6.45) is 0.148. The predicted molar refractivity (Wildman–Crippen MR) is 82.7 cm³/mol. The summed E-state index contributed by atoms with van der Waals surface area (Å²) in [5.41, 5.74) is 1.09. The van der Waals surface area contributed by atoms with Crippen LogP contribution in [0.5, 0.6) is 0 Å². The molecule has 0 aromatic heterocycles. The van der Waals surface area contributed by atoms with Gasteiger partial charge < -0.3 is 5.32 Å². The second-order valence-corrected chi connectivity index (χ2v) is 5.92. The molecule has 0 saturated heterocycles. The molecule has 0 aliphatic rings. The van der Waals surface area contributed by atoms with Crippen molar-refractivity contribution in [3.63, 3.8) is 0 Å². The minimum Gasteiger partial charge on any atom is -0.347 e. The lowest BCUT2D eigenvalue weighted by molar-refractivity contribution is -0.122. The first kappa shape index (κ1) is 15.5. The summed E-state index contributed by atoms with van der Waals surface area (Å²) >= 11 is 5.87. The summed E-state index contributed by atoms with van der Waals surface area (Å²) in [5.74, 6) is -0.488. The number of hydrogen-bond donors (Lipinski definition) is 1. The van der Waals surface area contributed by atoms with Crippen molar-refractivity contribution in [2.75, 3.05) is 0 Å². The van der Waals surface area contributed by atoms with Crippen LogP contribution in [0.15, 0.2) is 48.5 Å². The van der Waals surface area contributed by atoms with Gasteiger partial charge in [-0.1, -0.05) is 35.9 Å². The van der Waals surface area contributed by atoms with E-state index in [0.29, 0.717) is 10.6 Å². The van der Waals surface area contributed by atoms with Gasteiger partial charge in [0.05, 0.1) is 12.0 Å². The third kappa shape index (κ3) is 4.30. The summed E-state index contributed by atoms with van der Waals surface area (Å²) in [6.45, 7) is 3.83. The van der Waals surface area contributed by atoms with Gasteiger partial charge in [0.2, 0.25) is 5.91 Å². The van der Waals surface area contributed by atoms with Gasteiger partial charge in [-0.15, -0.1) is 0 Å². The Morgan fingerprint density at radius 3 is 2.48 bits per heavy atom. The molecule has 2 nitrogen and oxygen atoms in total. The van der Waals surface area contributed by atoms with Gasteiger partial charge in [-0.25, -0.2) is 4.39 Å². The molecule has 4 heteroatoms. The molecule has 0 saturated carbocycles. The van der Waals surface area contributed by atoms with E-state index in [1.807, 2.05) is 26.0 Å². The van der Waals surface area contributed by atoms with Crippen molar-refractivity contribution in [3.05, 3.63) is 70.5 Å². The zero-order chi connectivity index (χ0) is 15.5. The number of carbonyl (C=O) groups is 1. The summed E-state index contributed by atoms with van der Waals surface area (Å²) < 4.78 is 13.1. The van der Waals surface area contributed by atoms with Gasteiger partial charge in [-0.3, -0.25) is 4.79 Å². The smallest absolute Gasteiger partial charge is 0.225 e. The van der Waals surface area contributed by atoms with E-state index >= 15 is 0 Å². The van der Waals surface area contributed by atoms with Crippen LogP contribution in [0.1, 0.15) is 25.0 Å². The molecule has 2 aromatic rings. The van der Waals surface area contributed by atoms with E-state index in [-0.39, 0.29) is 18.1 Å². The van der Waals surface area contributed by atoms with Gasteiger partial charge in [-0.05, 0) is 49.2 Å². The van der Waals surface area contributed by atoms with Crippen molar-refractivity contribution in [2.24, 2.45) is 0 Å². The first-order valence-electron chi connectivity index (χ1n) is 6.68. The SMILES string of the molecule is CC(C)(NC(=O)Cc1cccc(F)c1)c1ccc(Cl)cc1. The van der Waals surface area contributed by atoms with E-state index in [4.69, 9.17) is 11.6 Å². The molecule has 0 heterocycles. The summed E-state index contributed by atoms with van der Waals surface area (Å²) in [7, 11) is 0. The van der Waals surface area contributed by atoms with Crippen LogP contribution in [0.4, 0.5) is 4.39 Å². The third-order valence-electron chi connectivity index (χ3n) is 3.27. The molecule has 2 rings (SSSR count). The zero-order valence-corrected chi connectivity index (χ0v) is 12.7. The van der Waals surface area contributed by atoms with Crippen LogP contribution in [0.25, 0.3) is 0 Å². The molecule has 0 aliphatic carbocycles. The second kappa shape index (κ2) is 6.27. The molecule has 0 spiro atoms. The maximum absolute atomic E-state index is 13.1. The van der Waals surface area contributed by atoms with E-state index < -0.39 is 5.54 Å². The summed E-state index contributed by atoms with van der Waals surface area (Å²) in [5, 5.41) is 3.61. The highest BCUT2D eigenvalue weighted by atomic mass is 35.5. The maximum Gasteiger partial charge on any atom is 0.225 e. The minimum absolute atomic E-state index is 0.148. The molecule has 1 N–H and O–H groups in total. The second-order valence-electron chi connectivity index (χ2n) is 5.49. The molecule has 1 amide bonds. The molecule has 2 aromatic carbocycles. The Kier molecular flexibility index (Phi) is 4.63. The average molecular weight is 306 g/mol. The van der Waals surface area contributed by atoms with Gasteiger partial charge in [0.1, 0.15) is 5.82 Å². The normalized spacial score (nSPS) is 11.2. The van der Waals surface area contributed by atoms with Gasteiger partial charge in [0.25, 0.3) is 0 Å². The van der Waals surface area contributed by atoms with Crippen LogP contribution in [-0.4, -0.2) is 5.91 Å². The van der Waals surface area contributed by atoms with Crippen molar-refractivity contribution >= 4 is 17.5 Å². The highest BCUT2D eigenvalue weighted by Gasteiger charge is 2.22.